The maximum absolute atomic E-state index is 4.83. The third kappa shape index (κ3) is 9.50. The van der Waals surface area contributed by atoms with E-state index in [0.29, 0.717) is 6.61 Å². The molecule has 0 atom stereocenters. The molecule has 2 nitrogen and oxygen atoms in total. The summed E-state index contributed by atoms with van der Waals surface area (Å²) in [6.07, 6.45) is 1.31. The van der Waals surface area contributed by atoms with Crippen molar-refractivity contribution < 1.29 is 9.78 Å². The summed E-state index contributed by atoms with van der Waals surface area (Å²) >= 11 is 0. The van der Waals surface area contributed by atoms with Gasteiger partial charge < -0.3 is 4.89 Å². The standard InChI is InChI=1S/C8H16O2Si/c1-5-6-9-10-7-8-11(2,3)4/h6H,1,7-8H2,2-4H3. The molecule has 0 aliphatic rings. The van der Waals surface area contributed by atoms with Crippen LogP contribution in [0.4, 0.5) is 0 Å². The van der Waals surface area contributed by atoms with Gasteiger partial charge in [0, 0.05) is 8.07 Å². The highest BCUT2D eigenvalue weighted by Gasteiger charge is 2.11. The summed E-state index contributed by atoms with van der Waals surface area (Å²) in [5.41, 5.74) is 2.45. The molecule has 0 aliphatic carbocycles. The third-order valence-corrected chi connectivity index (χ3v) is 2.84. The molecule has 0 unspecified atom stereocenters. The Hall–Kier alpha value is -0.503. The zero-order valence-corrected chi connectivity index (χ0v) is 8.52. The molecule has 0 rings (SSSR count). The molecule has 0 aromatic heterocycles. The molecule has 0 bridgehead atoms. The minimum atomic E-state index is -0.972. The molecule has 0 fully saturated rings. The second-order valence-corrected chi connectivity index (χ2v) is 9.17. The van der Waals surface area contributed by atoms with Crippen molar-refractivity contribution >= 4 is 8.07 Å². The molecule has 0 amide bonds. The van der Waals surface area contributed by atoms with Gasteiger partial charge in [0.2, 0.25) is 0 Å². The highest BCUT2D eigenvalue weighted by molar-refractivity contribution is 6.76. The molecule has 64 valence electrons. The molecule has 3 heteroatoms. The van der Waals surface area contributed by atoms with Gasteiger partial charge in [-0.3, -0.25) is 0 Å². The molecule has 0 saturated carbocycles. The lowest BCUT2D eigenvalue weighted by molar-refractivity contribution is -0.244. The molecule has 0 aromatic carbocycles. The minimum absolute atomic E-state index is 0.661. The number of hydrogen-bond acceptors (Lipinski definition) is 2. The number of rotatable bonds is 5. The SMILES string of the molecule is C=C=COOCC[Si](C)(C)C. The van der Waals surface area contributed by atoms with Gasteiger partial charge in [-0.1, -0.05) is 32.0 Å². The summed E-state index contributed by atoms with van der Waals surface area (Å²) in [4.78, 5) is 9.43. The summed E-state index contributed by atoms with van der Waals surface area (Å²) in [7, 11) is -0.972. The fraction of sp³-hybridized carbons (Fsp3) is 0.625. The van der Waals surface area contributed by atoms with Crippen LogP contribution < -0.4 is 0 Å². The molecular weight excluding hydrogens is 156 g/mol. The first-order chi connectivity index (χ1) is 5.06. The third-order valence-electron chi connectivity index (χ3n) is 1.13. The highest BCUT2D eigenvalue weighted by Crippen LogP contribution is 2.07. The quantitative estimate of drug-likeness (QED) is 0.158. The smallest absolute Gasteiger partial charge is 0.171 e. The summed E-state index contributed by atoms with van der Waals surface area (Å²) < 4.78 is 0. The van der Waals surface area contributed by atoms with Gasteiger partial charge in [0.25, 0.3) is 0 Å². The fourth-order valence-corrected chi connectivity index (χ4v) is 1.16. The Bertz CT molecular complexity index is 143. The van der Waals surface area contributed by atoms with E-state index in [1.165, 1.54) is 6.26 Å². The van der Waals surface area contributed by atoms with Crippen molar-refractivity contribution in [2.45, 2.75) is 25.7 Å². The normalized spacial score (nSPS) is 10.5. The lowest BCUT2D eigenvalue weighted by Gasteiger charge is -2.13. The first kappa shape index (κ1) is 10.5. The van der Waals surface area contributed by atoms with Crippen LogP contribution >= 0.6 is 0 Å². The van der Waals surface area contributed by atoms with E-state index in [2.05, 4.69) is 36.8 Å². The van der Waals surface area contributed by atoms with Gasteiger partial charge in [0.15, 0.2) is 6.26 Å². The Morgan fingerprint density at radius 3 is 2.55 bits per heavy atom. The van der Waals surface area contributed by atoms with Crippen molar-refractivity contribution in [3.05, 3.63) is 18.6 Å². The lowest BCUT2D eigenvalue weighted by atomic mass is 10.9. The molecule has 0 radical (unpaired) electrons. The van der Waals surface area contributed by atoms with Crippen LogP contribution in [0.25, 0.3) is 0 Å². The van der Waals surface area contributed by atoms with Crippen molar-refractivity contribution in [2.24, 2.45) is 0 Å². The van der Waals surface area contributed by atoms with Crippen molar-refractivity contribution in [3.63, 3.8) is 0 Å². The van der Waals surface area contributed by atoms with Crippen molar-refractivity contribution in [2.75, 3.05) is 6.61 Å². The Kier molecular flexibility index (Phi) is 4.95. The Labute approximate surface area is 69.5 Å². The van der Waals surface area contributed by atoms with Crippen LogP contribution in [0.15, 0.2) is 18.6 Å². The van der Waals surface area contributed by atoms with E-state index in [1.54, 1.807) is 0 Å². The van der Waals surface area contributed by atoms with Gasteiger partial charge in [0.05, 0.1) is 6.61 Å². The monoisotopic (exact) mass is 172 g/mol. The van der Waals surface area contributed by atoms with Crippen molar-refractivity contribution in [1.29, 1.82) is 0 Å². The van der Waals surface area contributed by atoms with Gasteiger partial charge >= 0.3 is 0 Å². The molecular formula is C8H16O2Si. The first-order valence-electron chi connectivity index (χ1n) is 3.69. The summed E-state index contributed by atoms with van der Waals surface area (Å²) in [6.45, 7) is 10.9. The number of hydrogen-bond donors (Lipinski definition) is 0. The molecule has 0 N–H and O–H groups in total. The Morgan fingerprint density at radius 1 is 1.45 bits per heavy atom. The van der Waals surface area contributed by atoms with E-state index in [0.717, 1.165) is 6.04 Å². The molecule has 0 spiro atoms. The predicted molar refractivity (Wildman–Crippen MR) is 48.9 cm³/mol. The van der Waals surface area contributed by atoms with E-state index in [-0.39, 0.29) is 0 Å². The van der Waals surface area contributed by atoms with Gasteiger partial charge in [0.1, 0.15) is 0 Å². The predicted octanol–water partition coefficient (Wildman–Crippen LogP) is 2.57. The fourth-order valence-electron chi connectivity index (χ4n) is 0.464. The van der Waals surface area contributed by atoms with Gasteiger partial charge in [-0.15, -0.1) is 0 Å². The zero-order chi connectivity index (χ0) is 8.74. The van der Waals surface area contributed by atoms with Gasteiger partial charge in [-0.05, 0) is 6.04 Å². The van der Waals surface area contributed by atoms with Crippen LogP contribution in [0.2, 0.25) is 25.7 Å². The van der Waals surface area contributed by atoms with Crippen molar-refractivity contribution in [1.82, 2.24) is 0 Å². The van der Waals surface area contributed by atoms with Crippen LogP contribution in [-0.4, -0.2) is 14.7 Å². The topological polar surface area (TPSA) is 18.5 Å². The lowest BCUT2D eigenvalue weighted by Crippen LogP contribution is -2.21. The molecule has 0 aromatic rings. The van der Waals surface area contributed by atoms with Crippen LogP contribution in [0.3, 0.4) is 0 Å². The minimum Gasteiger partial charge on any atom is -0.337 e. The van der Waals surface area contributed by atoms with Crippen LogP contribution in [0, 0.1) is 0 Å². The van der Waals surface area contributed by atoms with Gasteiger partial charge in [-0.25, -0.2) is 0 Å². The average Bonchev–Trinajstić information content (AvgIpc) is 1.85. The summed E-state index contributed by atoms with van der Waals surface area (Å²) in [6, 6.07) is 1.11. The van der Waals surface area contributed by atoms with Crippen LogP contribution in [-0.2, 0) is 9.78 Å². The average molecular weight is 172 g/mol. The van der Waals surface area contributed by atoms with E-state index in [9.17, 15) is 0 Å². The Morgan fingerprint density at radius 2 is 2.09 bits per heavy atom. The molecule has 0 heterocycles. The van der Waals surface area contributed by atoms with Crippen LogP contribution in [0.1, 0.15) is 0 Å². The Balaban J connectivity index is 3.21. The second kappa shape index (κ2) is 5.19. The van der Waals surface area contributed by atoms with Crippen LogP contribution in [0.5, 0.6) is 0 Å². The first-order valence-corrected chi connectivity index (χ1v) is 7.39. The molecule has 0 aliphatic heterocycles. The highest BCUT2D eigenvalue weighted by atomic mass is 28.3. The second-order valence-electron chi connectivity index (χ2n) is 3.55. The maximum Gasteiger partial charge on any atom is 0.171 e. The zero-order valence-electron chi connectivity index (χ0n) is 7.52. The van der Waals surface area contributed by atoms with E-state index < -0.39 is 8.07 Å². The van der Waals surface area contributed by atoms with E-state index >= 15 is 0 Å². The van der Waals surface area contributed by atoms with Crippen molar-refractivity contribution in [3.8, 4) is 0 Å². The molecule has 11 heavy (non-hydrogen) atoms. The van der Waals surface area contributed by atoms with E-state index in [4.69, 9.17) is 4.89 Å². The van der Waals surface area contributed by atoms with E-state index in [1.807, 2.05) is 0 Å². The largest absolute Gasteiger partial charge is 0.337 e. The summed E-state index contributed by atoms with van der Waals surface area (Å²) in [5.74, 6) is 0. The summed E-state index contributed by atoms with van der Waals surface area (Å²) in [5, 5.41) is 0. The molecule has 0 saturated heterocycles. The van der Waals surface area contributed by atoms with Gasteiger partial charge in [-0.2, -0.15) is 4.89 Å². The maximum atomic E-state index is 4.83.